The van der Waals surface area contributed by atoms with Crippen LogP contribution >= 0.6 is 0 Å². The van der Waals surface area contributed by atoms with Gasteiger partial charge in [0.1, 0.15) is 18.3 Å². The molecule has 9 saturated carbocycles. The van der Waals surface area contributed by atoms with Crippen molar-refractivity contribution in [2.45, 2.75) is 306 Å². The van der Waals surface area contributed by atoms with Crippen molar-refractivity contribution >= 4 is 23.9 Å². The molecule has 11 fully saturated rings. The summed E-state index contributed by atoms with van der Waals surface area (Å²) in [7, 11) is 0. The Morgan fingerprint density at radius 3 is 2.00 bits per heavy atom. The third kappa shape index (κ3) is 13.6. The van der Waals surface area contributed by atoms with E-state index in [-0.39, 0.29) is 52.7 Å². The van der Waals surface area contributed by atoms with E-state index in [1.165, 1.54) is 148 Å². The highest BCUT2D eigenvalue weighted by molar-refractivity contribution is 5.91. The lowest BCUT2D eigenvalue weighted by atomic mass is 9.42. The number of rotatable bonds is 7. The minimum atomic E-state index is -1.80. The molecule has 2 saturated heterocycles. The zero-order valence-electron chi connectivity index (χ0n) is 64.3. The van der Waals surface area contributed by atoms with E-state index in [2.05, 4.69) is 135 Å². The molecule has 0 aromatic rings. The molecular formula is C88H130O12. The molecule has 0 radical (unpaired) electrons. The standard InChI is InChI=1S/C39H62O10.2C17H24.C15H20O2/c1-21(40)47-32-26(48-31(44)20-36(7,46)19-30(42)43)18-37(8)25-17-28(41)39(10)23(22-11-14-29(34(2,3)4)49-33(22)45)15-16-38(39,9)24(25)12-13-27(37)35(32,5)6;2*1-11-6-5-7-17(4)10-14-8-12(2)13(3)15(14)9-16(11)17;1-9-5-4-7-15(3)8-6-11-10(2)14(16)17-13(11)12(9)15/h22-23,26-29,32-33,41,45-46H,11-20H2,1-10H3,(H,42,43);9,11,14-15H,2-3,5-8,10H2,1,4H3;14-16H,1-3,5-10H2,4H3;11-13H,1-2,4-8H2,3H3/t22-,23-,26-,27?,28+,29-,32+,33?,36+,37-,38+,39+;11-,14+,15?,17+;14-,15?,16?,17-;/m101./s1. The number of aliphatic carboxylic acids is 1. The summed E-state index contributed by atoms with van der Waals surface area (Å²) in [6.45, 7) is 59.1. The van der Waals surface area contributed by atoms with E-state index in [1.54, 1.807) is 5.57 Å². The Kier molecular flexibility index (Phi) is 20.9. The van der Waals surface area contributed by atoms with Gasteiger partial charge in [0.05, 0.1) is 30.7 Å². The van der Waals surface area contributed by atoms with Gasteiger partial charge in [-0.25, -0.2) is 4.79 Å². The molecule has 0 spiro atoms. The Morgan fingerprint density at radius 2 is 1.34 bits per heavy atom. The molecule has 2 aliphatic heterocycles. The van der Waals surface area contributed by atoms with Gasteiger partial charge in [-0.1, -0.05) is 181 Å². The molecule has 0 aromatic carbocycles. The third-order valence-electron chi connectivity index (χ3n) is 30.8. The molecule has 14 rings (SSSR count). The number of carboxylic acids is 1. The highest BCUT2D eigenvalue weighted by atomic mass is 16.6. The quantitative estimate of drug-likeness (QED) is 0.0819. The van der Waals surface area contributed by atoms with Gasteiger partial charge >= 0.3 is 23.9 Å². The SMILES string of the molecule is C=C1C(=O)OC2C1CCC1(C)CCCC(=C)C21.C=C1C[C@@H]2C[C@@]3(C)CCCC(=C)C3CC2C1=C.C=C1C[C@@H]2C[C@@]3(C)CCC[C@H](C)C3=CC2C1=C.CC(=O)O[C@H]1[C@H](OC(=O)C[C@@](C)(O)CC(=O)O)C[C@]2(C)C3=C(CCC2C1(C)C)[C@]1(C)CC[C@H]([C@H]2CC[C@H](C(C)(C)C)OC2O)[C@@]1(C)[C@@H](O)C3. The van der Waals surface area contributed by atoms with Crippen molar-refractivity contribution in [1.82, 2.24) is 0 Å². The molecule has 0 aromatic heterocycles. The molecule has 9 unspecified atom stereocenters. The minimum absolute atomic E-state index is 0.0176. The van der Waals surface area contributed by atoms with E-state index in [0.717, 1.165) is 81.0 Å². The average Bonchev–Trinajstić information content (AvgIpc) is 1.08. The lowest BCUT2D eigenvalue weighted by Gasteiger charge is -2.64. The van der Waals surface area contributed by atoms with Crippen LogP contribution in [-0.2, 0) is 38.1 Å². The lowest BCUT2D eigenvalue weighted by molar-refractivity contribution is -0.239. The minimum Gasteiger partial charge on any atom is -0.481 e. The summed E-state index contributed by atoms with van der Waals surface area (Å²) in [6, 6.07) is 0. The number of hydrogen-bond acceptors (Lipinski definition) is 11. The van der Waals surface area contributed by atoms with E-state index in [0.29, 0.717) is 46.5 Å². The van der Waals surface area contributed by atoms with Crippen LogP contribution in [0.5, 0.6) is 0 Å². The summed E-state index contributed by atoms with van der Waals surface area (Å²) in [5.41, 5.74) is 10.7. The molecule has 14 aliphatic rings. The smallest absolute Gasteiger partial charge is 0.334 e. The Morgan fingerprint density at radius 1 is 0.680 bits per heavy atom. The summed E-state index contributed by atoms with van der Waals surface area (Å²) in [5.74, 6) is 2.57. The molecule has 12 heteroatoms. The van der Waals surface area contributed by atoms with E-state index < -0.39 is 77.2 Å². The second-order valence-corrected chi connectivity index (χ2v) is 38.7. The molecule has 0 bridgehead atoms. The molecule has 554 valence electrons. The van der Waals surface area contributed by atoms with Gasteiger partial charge in [0.2, 0.25) is 0 Å². The summed E-state index contributed by atoms with van der Waals surface area (Å²) in [6.07, 6.45) is 24.9. The van der Waals surface area contributed by atoms with Crippen LogP contribution in [0.3, 0.4) is 0 Å². The number of carbonyl (C=O) groups excluding carboxylic acids is 3. The summed E-state index contributed by atoms with van der Waals surface area (Å²) in [4.78, 5) is 48.7. The number of fused-ring (bicyclic) bond motifs is 11. The number of aliphatic hydroxyl groups is 3. The van der Waals surface area contributed by atoms with Gasteiger partial charge in [0.25, 0.3) is 0 Å². The van der Waals surface area contributed by atoms with Crippen molar-refractivity contribution in [2.24, 2.45) is 108 Å². The number of aliphatic hydroxyl groups excluding tert-OH is 2. The van der Waals surface area contributed by atoms with E-state index in [4.69, 9.17) is 18.9 Å². The second-order valence-electron chi connectivity index (χ2n) is 38.7. The van der Waals surface area contributed by atoms with E-state index in [1.807, 2.05) is 0 Å². The first-order valence-electron chi connectivity index (χ1n) is 39.2. The lowest BCUT2D eigenvalue weighted by Crippen LogP contribution is -2.63. The topological polar surface area (TPSA) is 186 Å². The van der Waals surface area contributed by atoms with Gasteiger partial charge in [0.15, 0.2) is 6.29 Å². The van der Waals surface area contributed by atoms with Crippen molar-refractivity contribution < 1.29 is 58.6 Å². The van der Waals surface area contributed by atoms with Gasteiger partial charge < -0.3 is 39.4 Å². The maximum atomic E-state index is 13.3. The van der Waals surface area contributed by atoms with Crippen molar-refractivity contribution in [3.63, 3.8) is 0 Å². The number of allylic oxidation sites excluding steroid dienone is 8. The fourth-order valence-corrected chi connectivity index (χ4v) is 25.4. The fraction of sp³-hybridized carbons (Fsp3) is 0.750. The number of carboxylic acid groups (broad SMARTS) is 1. The second kappa shape index (κ2) is 27.4. The highest BCUT2D eigenvalue weighted by Crippen LogP contribution is 2.74. The fourth-order valence-electron chi connectivity index (χ4n) is 25.4. The van der Waals surface area contributed by atoms with Gasteiger partial charge in [-0.3, -0.25) is 14.4 Å². The maximum absolute atomic E-state index is 13.3. The zero-order valence-corrected chi connectivity index (χ0v) is 64.3. The van der Waals surface area contributed by atoms with Gasteiger partial charge in [0, 0.05) is 47.0 Å². The third-order valence-corrected chi connectivity index (χ3v) is 30.8. The predicted molar refractivity (Wildman–Crippen MR) is 396 cm³/mol. The number of hydrogen-bond donors (Lipinski definition) is 4. The highest BCUT2D eigenvalue weighted by Gasteiger charge is 2.69. The normalized spacial score (nSPS) is 44.2. The van der Waals surface area contributed by atoms with Crippen molar-refractivity contribution in [1.29, 1.82) is 0 Å². The number of esters is 3. The largest absolute Gasteiger partial charge is 0.481 e. The van der Waals surface area contributed by atoms with Crippen LogP contribution in [0.1, 0.15) is 264 Å². The molecule has 12 nitrogen and oxygen atoms in total. The molecule has 100 heavy (non-hydrogen) atoms. The average molecular weight is 1380 g/mol. The monoisotopic (exact) mass is 1380 g/mol. The molecule has 4 N–H and O–H groups in total. The van der Waals surface area contributed by atoms with Gasteiger partial charge in [-0.2, -0.15) is 0 Å². The molecule has 24 atom stereocenters. The van der Waals surface area contributed by atoms with Crippen LogP contribution in [0.2, 0.25) is 0 Å². The summed E-state index contributed by atoms with van der Waals surface area (Å²) >= 11 is 0. The summed E-state index contributed by atoms with van der Waals surface area (Å²) in [5, 5.41) is 43.6. The Bertz CT molecular complexity index is 3390. The van der Waals surface area contributed by atoms with Crippen LogP contribution < -0.4 is 0 Å². The Balaban J connectivity index is 0.000000158. The molecule has 12 aliphatic carbocycles. The number of ether oxygens (including phenoxy) is 4. The number of carbonyl (C=O) groups is 4. The van der Waals surface area contributed by atoms with Gasteiger partial charge in [-0.05, 0) is 240 Å². The first-order chi connectivity index (χ1) is 46.4. The van der Waals surface area contributed by atoms with Crippen molar-refractivity contribution in [2.75, 3.05) is 0 Å². The molecule has 2 heterocycles. The van der Waals surface area contributed by atoms with Crippen LogP contribution in [0.15, 0.2) is 108 Å². The van der Waals surface area contributed by atoms with Crippen LogP contribution in [0.25, 0.3) is 0 Å². The first-order valence-corrected chi connectivity index (χ1v) is 39.2. The first kappa shape index (κ1) is 76.5. The van der Waals surface area contributed by atoms with E-state index in [9.17, 15) is 39.6 Å². The van der Waals surface area contributed by atoms with Crippen LogP contribution in [0, 0.1) is 108 Å². The predicted octanol–water partition coefficient (Wildman–Crippen LogP) is 19.0. The van der Waals surface area contributed by atoms with Gasteiger partial charge in [-0.15, -0.1) is 0 Å². The van der Waals surface area contributed by atoms with Crippen molar-refractivity contribution in [3.05, 3.63) is 108 Å². The molecule has 0 amide bonds. The maximum Gasteiger partial charge on any atom is 0.334 e. The van der Waals surface area contributed by atoms with Crippen molar-refractivity contribution in [3.8, 4) is 0 Å². The van der Waals surface area contributed by atoms with Crippen LogP contribution in [0.4, 0.5) is 0 Å². The summed E-state index contributed by atoms with van der Waals surface area (Å²) < 4.78 is 23.8. The Labute approximate surface area is 601 Å². The van der Waals surface area contributed by atoms with Crippen LogP contribution in [-0.4, -0.2) is 86.7 Å². The zero-order chi connectivity index (χ0) is 73.3. The molecular weight excluding hydrogens is 1250 g/mol. The Hall–Kier alpha value is -4.62. The van der Waals surface area contributed by atoms with E-state index >= 15 is 0 Å².